The fourth-order valence-corrected chi connectivity index (χ4v) is 3.14. The molecule has 0 unspecified atom stereocenters. The lowest BCUT2D eigenvalue weighted by Gasteiger charge is -2.01. The molecular formula is C26H48N4O6. The second-order valence-electron chi connectivity index (χ2n) is 8.50. The number of nitrogens with two attached hydrogens (primary N) is 2. The number of ether oxygens (including phenoxy) is 1. The van der Waals surface area contributed by atoms with Crippen LogP contribution in [0.3, 0.4) is 0 Å². The van der Waals surface area contributed by atoms with Crippen molar-refractivity contribution in [3.05, 3.63) is 22.2 Å². The Morgan fingerprint density at radius 1 is 0.861 bits per heavy atom. The summed E-state index contributed by atoms with van der Waals surface area (Å²) in [6.07, 6.45) is 15.5. The molecule has 0 saturated heterocycles. The van der Waals surface area contributed by atoms with E-state index in [2.05, 4.69) is 35.3 Å². The zero-order valence-electron chi connectivity index (χ0n) is 22.5. The lowest BCUT2D eigenvalue weighted by Crippen LogP contribution is -2.21. The van der Waals surface area contributed by atoms with Gasteiger partial charge in [-0.1, -0.05) is 78.1 Å². The van der Waals surface area contributed by atoms with Crippen LogP contribution < -0.4 is 17.0 Å². The number of amides is 2. The molecule has 0 spiro atoms. The third kappa shape index (κ3) is 27.3. The second-order valence-corrected chi connectivity index (χ2v) is 8.50. The highest BCUT2D eigenvalue weighted by Crippen LogP contribution is 2.08. The molecule has 0 aliphatic carbocycles. The summed E-state index contributed by atoms with van der Waals surface area (Å²) in [5.74, 6) is -1.02. The lowest BCUT2D eigenvalue weighted by atomic mass is 10.1. The van der Waals surface area contributed by atoms with Gasteiger partial charge in [-0.2, -0.15) is 0 Å². The molecule has 0 radical (unpaired) electrons. The van der Waals surface area contributed by atoms with Gasteiger partial charge in [0.25, 0.3) is 5.56 Å². The van der Waals surface area contributed by atoms with E-state index in [1.165, 1.54) is 57.8 Å². The number of hydrogen-bond donors (Lipinski definition) is 4. The van der Waals surface area contributed by atoms with Crippen molar-refractivity contribution in [2.75, 3.05) is 6.61 Å². The van der Waals surface area contributed by atoms with E-state index in [-0.39, 0.29) is 23.8 Å². The minimum absolute atomic E-state index is 0.0435. The zero-order valence-corrected chi connectivity index (χ0v) is 22.5. The summed E-state index contributed by atoms with van der Waals surface area (Å²) in [4.78, 5) is 47.9. The summed E-state index contributed by atoms with van der Waals surface area (Å²) >= 11 is 0. The summed E-state index contributed by atoms with van der Waals surface area (Å²) in [6, 6.07) is 1.09. The Morgan fingerprint density at radius 2 is 1.36 bits per heavy atom. The van der Waals surface area contributed by atoms with Crippen molar-refractivity contribution >= 4 is 17.8 Å². The van der Waals surface area contributed by atoms with E-state index in [9.17, 15) is 19.2 Å². The van der Waals surface area contributed by atoms with Gasteiger partial charge in [-0.25, -0.2) is 4.98 Å². The van der Waals surface area contributed by atoms with Gasteiger partial charge in [0.1, 0.15) is 12.2 Å². The molecule has 2 amide bonds. The third-order valence-electron chi connectivity index (χ3n) is 4.93. The molecule has 6 N–H and O–H groups in total. The minimum Gasteiger partial charge on any atom is -0.493 e. The van der Waals surface area contributed by atoms with Crippen LogP contribution in [0.4, 0.5) is 0 Å². The second kappa shape index (κ2) is 25.2. The van der Waals surface area contributed by atoms with Gasteiger partial charge in [-0.3, -0.25) is 19.2 Å². The van der Waals surface area contributed by atoms with Crippen LogP contribution in [0.1, 0.15) is 116 Å². The van der Waals surface area contributed by atoms with E-state index in [0.29, 0.717) is 18.9 Å². The Labute approximate surface area is 215 Å². The Kier molecular flexibility index (Phi) is 24.7. The number of aromatic amines is 1. The van der Waals surface area contributed by atoms with Gasteiger partial charge < -0.3 is 26.3 Å². The molecule has 36 heavy (non-hydrogen) atoms. The molecule has 0 aliphatic rings. The van der Waals surface area contributed by atoms with E-state index in [4.69, 9.17) is 9.84 Å². The summed E-state index contributed by atoms with van der Waals surface area (Å²) in [6.45, 7) is 6.76. The number of nitrogens with one attached hydrogen (secondary N) is 1. The first-order valence-electron chi connectivity index (χ1n) is 13.2. The first-order chi connectivity index (χ1) is 17.2. The van der Waals surface area contributed by atoms with Gasteiger partial charge in [0.05, 0.1) is 12.7 Å². The molecule has 10 heteroatoms. The summed E-state index contributed by atoms with van der Waals surface area (Å²) < 4.78 is 4.83. The highest BCUT2D eigenvalue weighted by Gasteiger charge is 2.01. The highest BCUT2D eigenvalue weighted by molar-refractivity contribution is 5.95. The largest absolute Gasteiger partial charge is 0.493 e. The SMILES string of the molecule is CCCCCCCCC(=O)OCC.CCCCCCCCc1nc(O)cc(=O)[nH]1.NC(=O)CC(N)=O. The Balaban J connectivity index is 0. The van der Waals surface area contributed by atoms with Crippen molar-refractivity contribution in [2.45, 2.75) is 117 Å². The predicted molar refractivity (Wildman–Crippen MR) is 141 cm³/mol. The minimum atomic E-state index is -0.687. The van der Waals surface area contributed by atoms with Crippen molar-refractivity contribution in [3.63, 3.8) is 0 Å². The van der Waals surface area contributed by atoms with Crippen LogP contribution in [-0.2, 0) is 25.5 Å². The molecule has 0 aromatic carbocycles. The molecule has 1 rings (SSSR count). The number of primary amides is 2. The Morgan fingerprint density at radius 3 is 1.81 bits per heavy atom. The van der Waals surface area contributed by atoms with Crippen LogP contribution in [0, 0.1) is 0 Å². The van der Waals surface area contributed by atoms with Crippen molar-refractivity contribution in [2.24, 2.45) is 11.5 Å². The van der Waals surface area contributed by atoms with E-state index < -0.39 is 11.8 Å². The molecule has 0 bridgehead atoms. The standard InChI is InChI=1S/C12H20N2O2.C11H22O2.C3H6N2O2/c1-2-3-4-5-6-7-8-10-13-11(15)9-12(16)14-10;1-3-5-6-7-8-9-10-11(12)13-4-2;4-2(6)1-3(5)7/h9H,2-8H2,1H3,(H2,13,14,15,16);3-10H2,1-2H3;1H2,(H2,4,6)(H2,5,7). The summed E-state index contributed by atoms with van der Waals surface area (Å²) in [5.41, 5.74) is 8.82. The van der Waals surface area contributed by atoms with Crippen molar-refractivity contribution in [3.8, 4) is 5.88 Å². The maximum absolute atomic E-state index is 11.0. The number of hydrogen-bond acceptors (Lipinski definition) is 7. The summed E-state index contributed by atoms with van der Waals surface area (Å²) in [7, 11) is 0. The number of carbonyl (C=O) groups excluding carboxylic acids is 3. The summed E-state index contributed by atoms with van der Waals surface area (Å²) in [5, 5.41) is 9.14. The van der Waals surface area contributed by atoms with Crippen LogP contribution in [-0.4, -0.2) is 39.5 Å². The average molecular weight is 513 g/mol. The number of unbranched alkanes of at least 4 members (excludes halogenated alkanes) is 10. The smallest absolute Gasteiger partial charge is 0.305 e. The molecule has 1 heterocycles. The number of rotatable bonds is 17. The molecule has 0 aliphatic heterocycles. The van der Waals surface area contributed by atoms with Crippen molar-refractivity contribution in [1.29, 1.82) is 0 Å². The molecule has 0 fully saturated rings. The molecule has 1 aromatic heterocycles. The first-order valence-corrected chi connectivity index (χ1v) is 13.2. The first kappa shape index (κ1) is 35.3. The van der Waals surface area contributed by atoms with E-state index in [0.717, 1.165) is 31.7 Å². The fraction of sp³-hybridized carbons (Fsp3) is 0.731. The van der Waals surface area contributed by atoms with E-state index in [1.54, 1.807) is 0 Å². The van der Waals surface area contributed by atoms with E-state index >= 15 is 0 Å². The van der Waals surface area contributed by atoms with Crippen LogP contribution in [0.15, 0.2) is 10.9 Å². The predicted octanol–water partition coefficient (Wildman–Crippen LogP) is 4.03. The van der Waals surface area contributed by atoms with Crippen molar-refractivity contribution < 1.29 is 24.2 Å². The average Bonchev–Trinajstić information content (AvgIpc) is 2.78. The molecule has 208 valence electrons. The van der Waals surface area contributed by atoms with Crippen LogP contribution in [0.5, 0.6) is 5.88 Å². The number of H-pyrrole nitrogens is 1. The maximum atomic E-state index is 11.0. The number of aromatic nitrogens is 2. The van der Waals surface area contributed by atoms with E-state index in [1.807, 2.05) is 6.92 Å². The van der Waals surface area contributed by atoms with Gasteiger partial charge >= 0.3 is 5.97 Å². The quantitative estimate of drug-likeness (QED) is 0.138. The maximum Gasteiger partial charge on any atom is 0.305 e. The van der Waals surface area contributed by atoms with Gasteiger partial charge in [0, 0.05) is 12.8 Å². The number of aromatic hydroxyl groups is 1. The molecule has 1 aromatic rings. The third-order valence-corrected chi connectivity index (χ3v) is 4.93. The van der Waals surface area contributed by atoms with Crippen LogP contribution in [0.2, 0.25) is 0 Å². The molecule has 0 atom stereocenters. The Hall–Kier alpha value is -2.91. The number of carbonyl (C=O) groups is 3. The Bertz CT molecular complexity index is 755. The topological polar surface area (TPSA) is 178 Å². The lowest BCUT2D eigenvalue weighted by molar-refractivity contribution is -0.143. The van der Waals surface area contributed by atoms with Gasteiger partial charge in [0.15, 0.2) is 0 Å². The number of nitrogens with zero attached hydrogens (tertiary/aromatic N) is 1. The normalized spacial score (nSPS) is 9.86. The highest BCUT2D eigenvalue weighted by atomic mass is 16.5. The fourth-order valence-electron chi connectivity index (χ4n) is 3.14. The number of aryl methyl sites for hydroxylation is 1. The van der Waals surface area contributed by atoms with Gasteiger partial charge in [-0.05, 0) is 19.8 Å². The van der Waals surface area contributed by atoms with Crippen molar-refractivity contribution in [1.82, 2.24) is 9.97 Å². The van der Waals surface area contributed by atoms with Gasteiger partial charge in [0.2, 0.25) is 17.7 Å². The number of esters is 1. The van der Waals surface area contributed by atoms with Gasteiger partial charge in [-0.15, -0.1) is 0 Å². The van der Waals surface area contributed by atoms with Crippen LogP contribution >= 0.6 is 0 Å². The molecular weight excluding hydrogens is 464 g/mol. The molecule has 0 saturated carbocycles. The van der Waals surface area contributed by atoms with Crippen LogP contribution in [0.25, 0.3) is 0 Å². The molecule has 10 nitrogen and oxygen atoms in total. The zero-order chi connectivity index (χ0) is 27.6. The monoisotopic (exact) mass is 512 g/mol.